The molecule has 5 N–H and O–H groups in total. The number of halogens is 1. The molecule has 1 atom stereocenters. The lowest BCUT2D eigenvalue weighted by molar-refractivity contribution is 0.0988. The lowest BCUT2D eigenvalue weighted by atomic mass is 10.00. The summed E-state index contributed by atoms with van der Waals surface area (Å²) in [6, 6.07) is 16.6. The Kier molecular flexibility index (Phi) is 8.83. The highest BCUT2D eigenvalue weighted by atomic mass is 19.1. The zero-order valence-electron chi connectivity index (χ0n) is 23.0. The molecule has 0 radical (unpaired) electrons. The number of nitrogens with zero attached hydrogens (tertiary/aromatic N) is 1. The number of hydrogen-bond donors (Lipinski definition) is 4. The van der Waals surface area contributed by atoms with Crippen LogP contribution in [0.1, 0.15) is 67.5 Å². The second-order valence-electron chi connectivity index (χ2n) is 9.49. The van der Waals surface area contributed by atoms with Crippen molar-refractivity contribution in [2.75, 3.05) is 11.9 Å². The van der Waals surface area contributed by atoms with Gasteiger partial charge in [-0.3, -0.25) is 10.2 Å². The molecule has 0 saturated heterocycles. The number of nitrogens with one attached hydrogen (secondary N) is 3. The molecule has 0 aliphatic rings. The average molecular weight is 544 g/mol. The van der Waals surface area contributed by atoms with Gasteiger partial charge >= 0.3 is 0 Å². The van der Waals surface area contributed by atoms with Gasteiger partial charge in [-0.05, 0) is 51.1 Å². The molecule has 4 rings (SSSR count). The zero-order valence-corrected chi connectivity index (χ0v) is 23.0. The van der Waals surface area contributed by atoms with Crippen molar-refractivity contribution in [1.82, 2.24) is 9.97 Å². The van der Waals surface area contributed by atoms with Gasteiger partial charge in [-0.15, -0.1) is 0 Å². The molecule has 0 saturated carbocycles. The molecule has 1 unspecified atom stereocenters. The van der Waals surface area contributed by atoms with E-state index in [4.69, 9.17) is 25.6 Å². The van der Waals surface area contributed by atoms with Crippen LogP contribution < -0.4 is 20.5 Å². The van der Waals surface area contributed by atoms with E-state index in [1.54, 1.807) is 48.7 Å². The Labute approximate surface area is 233 Å². The van der Waals surface area contributed by atoms with Gasteiger partial charge in [0, 0.05) is 46.6 Å². The third kappa shape index (κ3) is 6.31. The van der Waals surface area contributed by atoms with Gasteiger partial charge in [-0.2, -0.15) is 0 Å². The minimum atomic E-state index is -0.791. The molecule has 0 aliphatic carbocycles. The summed E-state index contributed by atoms with van der Waals surface area (Å²) < 4.78 is 27.6. The summed E-state index contributed by atoms with van der Waals surface area (Å²) in [4.78, 5) is 20.6. The van der Waals surface area contributed by atoms with Crippen molar-refractivity contribution in [3.8, 4) is 22.8 Å². The van der Waals surface area contributed by atoms with E-state index in [0.29, 0.717) is 52.7 Å². The Morgan fingerprint density at radius 2 is 1.85 bits per heavy atom. The van der Waals surface area contributed by atoms with Crippen molar-refractivity contribution < 1.29 is 18.7 Å². The van der Waals surface area contributed by atoms with E-state index in [9.17, 15) is 4.79 Å². The number of aromatic amines is 1. The second-order valence-corrected chi connectivity index (χ2v) is 9.49. The van der Waals surface area contributed by atoms with Crippen molar-refractivity contribution in [1.29, 1.82) is 5.41 Å². The van der Waals surface area contributed by atoms with Crippen molar-refractivity contribution >= 4 is 17.3 Å². The zero-order chi connectivity index (χ0) is 28.8. The number of benzene rings is 3. The van der Waals surface area contributed by atoms with E-state index >= 15 is 4.39 Å². The molecule has 1 heterocycles. The van der Waals surface area contributed by atoms with Crippen LogP contribution in [-0.2, 0) is 0 Å². The number of carbonyl (C=O) groups excluding carboxylic acids is 1. The lowest BCUT2D eigenvalue weighted by Crippen LogP contribution is -2.18. The van der Waals surface area contributed by atoms with Crippen LogP contribution in [0.5, 0.6) is 11.5 Å². The van der Waals surface area contributed by atoms with Crippen LogP contribution >= 0.6 is 0 Å². The van der Waals surface area contributed by atoms with Gasteiger partial charge < -0.3 is 25.5 Å². The number of nitrogens with two attached hydrogens (primary N) is 1. The van der Waals surface area contributed by atoms with Gasteiger partial charge in [0.25, 0.3) is 0 Å². The molecular formula is C31H34FN5O3. The number of nitrogen functional groups attached to an aromatic ring is 1. The van der Waals surface area contributed by atoms with Crippen LogP contribution in [0.25, 0.3) is 11.3 Å². The molecule has 0 amide bonds. The highest BCUT2D eigenvalue weighted by Gasteiger charge is 2.26. The van der Waals surface area contributed by atoms with Gasteiger partial charge in [0.1, 0.15) is 23.5 Å². The summed E-state index contributed by atoms with van der Waals surface area (Å²) in [5.41, 5.74) is 8.92. The van der Waals surface area contributed by atoms with E-state index in [0.717, 1.165) is 0 Å². The van der Waals surface area contributed by atoms with Crippen molar-refractivity contribution in [2.24, 2.45) is 5.73 Å². The largest absolute Gasteiger partial charge is 0.494 e. The summed E-state index contributed by atoms with van der Waals surface area (Å²) in [6.07, 6.45) is 1.82. The number of carbonyl (C=O) groups is 1. The quantitative estimate of drug-likeness (QED) is 0.0920. The number of H-pyrrole nitrogens is 1. The summed E-state index contributed by atoms with van der Waals surface area (Å²) in [7, 11) is 0. The van der Waals surface area contributed by atoms with E-state index in [-0.39, 0.29) is 29.0 Å². The van der Waals surface area contributed by atoms with Crippen molar-refractivity contribution in [3.05, 3.63) is 95.2 Å². The molecule has 1 aromatic heterocycles. The Morgan fingerprint density at radius 1 is 1.12 bits per heavy atom. The number of rotatable bonds is 12. The number of imidazole rings is 1. The number of anilines is 1. The van der Waals surface area contributed by atoms with Gasteiger partial charge in [0.05, 0.1) is 18.4 Å². The first-order chi connectivity index (χ1) is 19.2. The molecule has 9 heteroatoms. The predicted molar refractivity (Wildman–Crippen MR) is 155 cm³/mol. The van der Waals surface area contributed by atoms with Gasteiger partial charge in [0.2, 0.25) is 0 Å². The first-order valence-electron chi connectivity index (χ1n) is 13.2. The number of amidine groups is 1. The van der Waals surface area contributed by atoms with Crippen LogP contribution in [0.15, 0.2) is 66.9 Å². The number of Topliss-reactive ketones (excluding diaryl/α,β-unsaturated/α-hetero) is 1. The van der Waals surface area contributed by atoms with Crippen LogP contribution in [0, 0.1) is 11.2 Å². The summed E-state index contributed by atoms with van der Waals surface area (Å²) >= 11 is 0. The van der Waals surface area contributed by atoms with Gasteiger partial charge in [-0.1, -0.05) is 31.2 Å². The average Bonchev–Trinajstić information content (AvgIpc) is 3.43. The standard InChI is InChI=1S/C31H34FN5O3/c1-5-26(38)23-10-8-7-9-22(23)25-17-35-31(37-25)29(36-20-13-11-19(12-14-20)30(33)34)24-15-21(39-6-2)16-27(28(24)32)40-18(3)4/h7-18,29,36H,5-6H2,1-4H3,(H3,33,34)(H,35,37). The maximum atomic E-state index is 16.1. The Balaban J connectivity index is 1.85. The number of ether oxygens (including phenoxy) is 2. The van der Waals surface area contributed by atoms with E-state index in [1.165, 1.54) is 0 Å². The normalized spacial score (nSPS) is 11.8. The fraction of sp³-hybridized carbons (Fsp3) is 0.258. The Hall–Kier alpha value is -4.66. The molecule has 0 spiro atoms. The van der Waals surface area contributed by atoms with Crippen LogP contribution in [0.2, 0.25) is 0 Å². The monoisotopic (exact) mass is 543 g/mol. The fourth-order valence-corrected chi connectivity index (χ4v) is 4.36. The number of hydrogen-bond acceptors (Lipinski definition) is 6. The maximum absolute atomic E-state index is 16.1. The molecule has 0 fully saturated rings. The Bertz CT molecular complexity index is 1500. The van der Waals surface area contributed by atoms with E-state index < -0.39 is 11.9 Å². The fourth-order valence-electron chi connectivity index (χ4n) is 4.36. The van der Waals surface area contributed by atoms with Crippen molar-refractivity contribution in [2.45, 2.75) is 46.3 Å². The molecular weight excluding hydrogens is 509 g/mol. The first-order valence-corrected chi connectivity index (χ1v) is 13.2. The third-order valence-electron chi connectivity index (χ3n) is 6.23. The van der Waals surface area contributed by atoms with Gasteiger partial charge in [-0.25, -0.2) is 9.37 Å². The first kappa shape index (κ1) is 28.4. The number of aromatic nitrogens is 2. The minimum absolute atomic E-state index is 0.00585. The van der Waals surface area contributed by atoms with E-state index in [2.05, 4.69) is 10.3 Å². The highest BCUT2D eigenvalue weighted by molar-refractivity contribution is 6.01. The van der Waals surface area contributed by atoms with Crippen LogP contribution in [0.4, 0.5) is 10.1 Å². The highest BCUT2D eigenvalue weighted by Crippen LogP contribution is 2.36. The number of ketones is 1. The molecule has 4 aromatic rings. The van der Waals surface area contributed by atoms with Gasteiger partial charge in [0.15, 0.2) is 17.3 Å². The SMILES string of the molecule is CCOc1cc(OC(C)C)c(F)c(C(Nc2ccc(C(=N)N)cc2)c2nc(-c3ccccc3C(=O)CC)c[nH]2)c1. The molecule has 40 heavy (non-hydrogen) atoms. The third-order valence-corrected chi connectivity index (χ3v) is 6.23. The molecule has 3 aromatic carbocycles. The predicted octanol–water partition coefficient (Wildman–Crippen LogP) is 6.48. The maximum Gasteiger partial charge on any atom is 0.171 e. The molecule has 208 valence electrons. The molecule has 0 aliphatic heterocycles. The van der Waals surface area contributed by atoms with Crippen molar-refractivity contribution in [3.63, 3.8) is 0 Å². The molecule has 0 bridgehead atoms. The second kappa shape index (κ2) is 12.5. The lowest BCUT2D eigenvalue weighted by Gasteiger charge is -2.22. The summed E-state index contributed by atoms with van der Waals surface area (Å²) in [6.45, 7) is 7.71. The summed E-state index contributed by atoms with van der Waals surface area (Å²) in [5.74, 6) is 0.359. The van der Waals surface area contributed by atoms with Crippen LogP contribution in [-0.4, -0.2) is 34.3 Å². The summed E-state index contributed by atoms with van der Waals surface area (Å²) in [5, 5.41) is 11.0. The topological polar surface area (TPSA) is 126 Å². The molecule has 8 nitrogen and oxygen atoms in total. The van der Waals surface area contributed by atoms with Crippen LogP contribution in [0.3, 0.4) is 0 Å². The van der Waals surface area contributed by atoms with E-state index in [1.807, 2.05) is 45.9 Å². The Morgan fingerprint density at radius 3 is 2.50 bits per heavy atom. The smallest absolute Gasteiger partial charge is 0.171 e. The minimum Gasteiger partial charge on any atom is -0.494 e.